The molecule has 2 heterocycles. The van der Waals surface area contributed by atoms with Gasteiger partial charge in [0.15, 0.2) is 0 Å². The first kappa shape index (κ1) is 51.1. The summed E-state index contributed by atoms with van der Waals surface area (Å²) in [5.74, 6) is 0. The van der Waals surface area contributed by atoms with Crippen molar-refractivity contribution in [2.45, 2.75) is 0 Å². The molecule has 17 aromatic carbocycles. The second kappa shape index (κ2) is 20.3. The minimum Gasteiger partial charge on any atom is -0.354 e. The number of hydrogen-bond donors (Lipinski definition) is 1. The fraction of sp³-hybridized carbons (Fsp3) is 0. The van der Waals surface area contributed by atoms with Crippen molar-refractivity contribution in [3.8, 4) is 89.1 Å². The summed E-state index contributed by atoms with van der Waals surface area (Å²) < 4.78 is 0. The maximum atomic E-state index is 5.64. The molecule has 0 radical (unpaired) electrons. The Morgan fingerprint density at radius 3 is 1.47 bits per heavy atom. The highest BCUT2D eigenvalue weighted by Crippen LogP contribution is 2.61. The minimum atomic E-state index is 0.876. The van der Waals surface area contributed by atoms with Crippen molar-refractivity contribution in [3.05, 3.63) is 322 Å². The maximum absolute atomic E-state index is 5.64. The molecular weight excluding hydrogens is 1100 g/mol. The van der Waals surface area contributed by atoms with Crippen LogP contribution >= 0.6 is 0 Å². The van der Waals surface area contributed by atoms with E-state index in [1.807, 2.05) is 6.20 Å². The fourth-order valence-corrected chi connectivity index (χ4v) is 15.7. The van der Waals surface area contributed by atoms with Gasteiger partial charge >= 0.3 is 0 Å². The third kappa shape index (κ3) is 7.83. The van der Waals surface area contributed by atoms with Crippen LogP contribution in [0, 0.1) is 0 Å². The highest BCUT2D eigenvalue weighted by Gasteiger charge is 2.35. The molecule has 0 spiro atoms. The van der Waals surface area contributed by atoms with E-state index in [0.29, 0.717) is 0 Å². The first-order valence-electron chi connectivity index (χ1n) is 31.5. The molecule has 0 saturated carbocycles. The molecule has 0 bridgehead atoms. The van der Waals surface area contributed by atoms with Gasteiger partial charge in [0.25, 0.3) is 0 Å². The Kier molecular flexibility index (Phi) is 11.4. The Morgan fingerprint density at radius 2 is 0.681 bits per heavy atom. The predicted molar refractivity (Wildman–Crippen MR) is 388 cm³/mol. The minimum absolute atomic E-state index is 0.876. The van der Waals surface area contributed by atoms with Crippen molar-refractivity contribution in [2.75, 3.05) is 0 Å². The lowest BCUT2D eigenvalue weighted by Crippen LogP contribution is -2.05. The van der Waals surface area contributed by atoms with Crippen LogP contribution in [0.25, 0.3) is 197 Å². The number of nitrogens with one attached hydrogen (secondary N) is 1. The summed E-state index contributed by atoms with van der Waals surface area (Å²) in [5.41, 5.74) is 19.9. The fourth-order valence-electron chi connectivity index (χ4n) is 15.7. The van der Waals surface area contributed by atoms with Crippen LogP contribution in [0.15, 0.2) is 322 Å². The molecule has 2 heteroatoms. The van der Waals surface area contributed by atoms with E-state index in [2.05, 4.69) is 320 Å². The van der Waals surface area contributed by atoms with Crippen molar-refractivity contribution in [1.82, 2.24) is 9.97 Å². The van der Waals surface area contributed by atoms with Crippen LogP contribution < -0.4 is 0 Å². The molecule has 19 rings (SSSR count). The summed E-state index contributed by atoms with van der Waals surface area (Å²) in [6.07, 6.45) is 1.99. The molecule has 420 valence electrons. The van der Waals surface area contributed by atoms with E-state index >= 15 is 0 Å². The van der Waals surface area contributed by atoms with E-state index in [1.54, 1.807) is 0 Å². The van der Waals surface area contributed by atoms with Crippen molar-refractivity contribution >= 4 is 108 Å². The second-order valence-electron chi connectivity index (χ2n) is 24.4. The van der Waals surface area contributed by atoms with Gasteiger partial charge in [-0.2, -0.15) is 0 Å². The van der Waals surface area contributed by atoms with Crippen LogP contribution in [0.5, 0.6) is 0 Å². The van der Waals surface area contributed by atoms with Gasteiger partial charge in [-0.05, 0) is 178 Å². The SMILES string of the molecule is c1ccc(-c2cccc(-c3c(-c4cccc5cc6ccccc6cc45)c(-c4cccc5c4ccc4ccccc45)c(-c4ccc5ccc6cccc7ccc4c5c67)c(-c4ccccn4)c3-c3cccc4c3[nH]c3ccccc34)c2-c2cccc3ccccc23)cc1. The number of aromatic nitrogens is 2. The number of benzene rings is 17. The molecule has 0 aliphatic heterocycles. The molecule has 0 fully saturated rings. The third-order valence-electron chi connectivity index (χ3n) is 19.6. The zero-order valence-corrected chi connectivity index (χ0v) is 49.5. The molecule has 1 N–H and O–H groups in total. The number of H-pyrrole nitrogens is 1. The quantitative estimate of drug-likeness (QED) is 0.119. The number of nitrogens with zero attached hydrogens (tertiary/aromatic N) is 1. The van der Waals surface area contributed by atoms with Crippen LogP contribution in [0.1, 0.15) is 0 Å². The monoisotopic (exact) mass is 1150 g/mol. The van der Waals surface area contributed by atoms with Crippen molar-refractivity contribution in [1.29, 1.82) is 0 Å². The highest BCUT2D eigenvalue weighted by atomic mass is 14.7. The van der Waals surface area contributed by atoms with Crippen LogP contribution in [0.4, 0.5) is 0 Å². The molecule has 2 aromatic heterocycles. The van der Waals surface area contributed by atoms with Gasteiger partial charge in [-0.15, -0.1) is 0 Å². The van der Waals surface area contributed by atoms with Crippen molar-refractivity contribution < 1.29 is 0 Å². The Bertz CT molecular complexity index is 6170. The van der Waals surface area contributed by atoms with Gasteiger partial charge in [0.2, 0.25) is 0 Å². The van der Waals surface area contributed by atoms with Gasteiger partial charge in [-0.3, -0.25) is 4.98 Å². The zero-order chi connectivity index (χ0) is 59.7. The van der Waals surface area contributed by atoms with Crippen molar-refractivity contribution in [2.24, 2.45) is 0 Å². The second-order valence-corrected chi connectivity index (χ2v) is 24.4. The van der Waals surface area contributed by atoms with E-state index < -0.39 is 0 Å². The van der Waals surface area contributed by atoms with Crippen LogP contribution in [-0.4, -0.2) is 9.97 Å². The van der Waals surface area contributed by atoms with Crippen LogP contribution in [-0.2, 0) is 0 Å². The van der Waals surface area contributed by atoms with E-state index in [4.69, 9.17) is 4.98 Å². The molecule has 0 unspecified atom stereocenters. The molecule has 91 heavy (non-hydrogen) atoms. The van der Waals surface area contributed by atoms with Crippen LogP contribution in [0.2, 0.25) is 0 Å². The molecular formula is C89H54N2. The Balaban J connectivity index is 1.15. The van der Waals surface area contributed by atoms with Gasteiger partial charge in [0.1, 0.15) is 0 Å². The first-order chi connectivity index (χ1) is 45.2. The largest absolute Gasteiger partial charge is 0.354 e. The standard InChI is InChI=1S/C89H54N2/c1-2-20-55(21-3-1)65-33-17-39-75(82(65)69-35-15-26-54-22-6-9-31-64(54)69)86-84(71-36-16-29-62-52-60-24-4-5-25-61(60)53-77(62)71)83(70-37-18-34-66-63-30-8-7-23-56(63)45-48-67(66)70)85(73-50-47-59-44-43-57-27-14-28-58-46-49-72(73)81(59)80(57)58)88(79-42-12-13-51-90-79)87(86)76-40-19-38-74-68-32-10-11-41-78(68)91-89(74)76/h1-53,91H. The lowest BCUT2D eigenvalue weighted by atomic mass is 9.71. The number of rotatable bonds is 8. The van der Waals surface area contributed by atoms with Gasteiger partial charge in [-0.1, -0.05) is 285 Å². The van der Waals surface area contributed by atoms with E-state index in [-0.39, 0.29) is 0 Å². The Morgan fingerprint density at radius 1 is 0.209 bits per heavy atom. The van der Waals surface area contributed by atoms with E-state index in [1.165, 1.54) is 91.6 Å². The van der Waals surface area contributed by atoms with Gasteiger partial charge in [0.05, 0.1) is 11.2 Å². The van der Waals surface area contributed by atoms with E-state index in [0.717, 1.165) is 106 Å². The number of hydrogen-bond acceptors (Lipinski definition) is 1. The number of pyridine rings is 1. The normalized spacial score (nSPS) is 12.0. The number of para-hydroxylation sites is 2. The number of fused-ring (bicyclic) bond motifs is 9. The summed E-state index contributed by atoms with van der Waals surface area (Å²) in [7, 11) is 0. The molecule has 0 amide bonds. The summed E-state index contributed by atoms with van der Waals surface area (Å²) in [6, 6.07) is 118. The Labute approximate surface area is 525 Å². The summed E-state index contributed by atoms with van der Waals surface area (Å²) in [4.78, 5) is 9.75. The average molecular weight is 1150 g/mol. The number of aromatic amines is 1. The summed E-state index contributed by atoms with van der Waals surface area (Å²) in [5, 5.41) is 21.6. The maximum Gasteiger partial charge on any atom is 0.0714 e. The smallest absolute Gasteiger partial charge is 0.0714 e. The molecule has 0 aliphatic carbocycles. The van der Waals surface area contributed by atoms with E-state index in [9.17, 15) is 0 Å². The third-order valence-corrected chi connectivity index (χ3v) is 19.6. The topological polar surface area (TPSA) is 28.7 Å². The van der Waals surface area contributed by atoms with Gasteiger partial charge < -0.3 is 4.98 Å². The Hall–Kier alpha value is -12.0. The lowest BCUT2D eigenvalue weighted by Gasteiger charge is -2.31. The zero-order valence-electron chi connectivity index (χ0n) is 49.5. The van der Waals surface area contributed by atoms with Crippen LogP contribution in [0.3, 0.4) is 0 Å². The molecule has 0 atom stereocenters. The lowest BCUT2D eigenvalue weighted by molar-refractivity contribution is 1.33. The molecule has 0 aliphatic rings. The van der Waals surface area contributed by atoms with Crippen molar-refractivity contribution in [3.63, 3.8) is 0 Å². The predicted octanol–water partition coefficient (Wildman–Crippen LogP) is 24.7. The highest BCUT2D eigenvalue weighted by molar-refractivity contribution is 6.30. The molecule has 19 aromatic rings. The summed E-state index contributed by atoms with van der Waals surface area (Å²) >= 11 is 0. The van der Waals surface area contributed by atoms with Gasteiger partial charge in [-0.25, -0.2) is 0 Å². The average Bonchev–Trinajstić information content (AvgIpc) is 1.18. The summed E-state index contributed by atoms with van der Waals surface area (Å²) in [6.45, 7) is 0. The first-order valence-corrected chi connectivity index (χ1v) is 31.5. The van der Waals surface area contributed by atoms with Gasteiger partial charge in [0, 0.05) is 44.7 Å². The molecule has 0 saturated heterocycles. The molecule has 2 nitrogen and oxygen atoms in total.